The number of rotatable bonds is 3. The molecule has 2 aromatic carbocycles. The SMILES string of the molecule is C[C@@H]1Cc2cc(C(=O)Nc3c(F)cccc3F)ccc2N1S(C)(=O)=O. The fourth-order valence-corrected chi connectivity index (χ4v) is 4.32. The first kappa shape index (κ1) is 17.3. The first-order valence-electron chi connectivity index (χ1n) is 7.56. The van der Waals surface area contributed by atoms with Gasteiger partial charge < -0.3 is 5.32 Å². The maximum atomic E-state index is 13.7. The highest BCUT2D eigenvalue weighted by Gasteiger charge is 2.32. The van der Waals surface area contributed by atoms with Crippen LogP contribution in [0.5, 0.6) is 0 Å². The minimum atomic E-state index is -3.42. The van der Waals surface area contributed by atoms with Gasteiger partial charge in [-0.2, -0.15) is 0 Å². The molecule has 1 atom stereocenters. The Morgan fingerprint density at radius 3 is 2.44 bits per heavy atom. The lowest BCUT2D eigenvalue weighted by molar-refractivity contribution is 0.102. The highest BCUT2D eigenvalue weighted by atomic mass is 32.2. The van der Waals surface area contributed by atoms with E-state index in [0.29, 0.717) is 17.7 Å². The van der Waals surface area contributed by atoms with Gasteiger partial charge in [-0.25, -0.2) is 17.2 Å². The van der Waals surface area contributed by atoms with Crippen LogP contribution < -0.4 is 9.62 Å². The van der Waals surface area contributed by atoms with E-state index >= 15 is 0 Å². The third-order valence-corrected chi connectivity index (χ3v) is 5.32. The van der Waals surface area contributed by atoms with Crippen LogP contribution in [0.2, 0.25) is 0 Å². The van der Waals surface area contributed by atoms with Gasteiger partial charge in [0.05, 0.1) is 11.9 Å². The predicted molar refractivity (Wildman–Crippen MR) is 91.2 cm³/mol. The average Bonchev–Trinajstić information content (AvgIpc) is 2.85. The van der Waals surface area contributed by atoms with Gasteiger partial charge in [-0.3, -0.25) is 9.10 Å². The molecule has 8 heteroatoms. The Bertz CT molecular complexity index is 940. The molecule has 2 aromatic rings. The van der Waals surface area contributed by atoms with Crippen LogP contribution in [0, 0.1) is 11.6 Å². The summed E-state index contributed by atoms with van der Waals surface area (Å²) in [6.07, 6.45) is 1.58. The lowest BCUT2D eigenvalue weighted by Crippen LogP contribution is -2.34. The molecule has 1 amide bonds. The van der Waals surface area contributed by atoms with Crippen molar-refractivity contribution >= 4 is 27.3 Å². The summed E-state index contributed by atoms with van der Waals surface area (Å²) in [5, 5.41) is 2.22. The number of carbonyl (C=O) groups is 1. The van der Waals surface area contributed by atoms with Crippen molar-refractivity contribution in [2.45, 2.75) is 19.4 Å². The van der Waals surface area contributed by atoms with Crippen LogP contribution in [0.4, 0.5) is 20.2 Å². The quantitative estimate of drug-likeness (QED) is 0.908. The van der Waals surface area contributed by atoms with Crippen molar-refractivity contribution in [2.75, 3.05) is 15.9 Å². The summed E-state index contributed by atoms with van der Waals surface area (Å²) in [5.74, 6) is -2.41. The molecule has 1 aliphatic heterocycles. The molecule has 0 fully saturated rings. The number of fused-ring (bicyclic) bond motifs is 1. The number of hydrogen-bond donors (Lipinski definition) is 1. The van der Waals surface area contributed by atoms with Gasteiger partial charge in [0.2, 0.25) is 10.0 Å². The maximum absolute atomic E-state index is 13.7. The van der Waals surface area contributed by atoms with E-state index < -0.39 is 33.3 Å². The Hall–Kier alpha value is -2.48. The molecular weight excluding hydrogens is 350 g/mol. The summed E-state index contributed by atoms with van der Waals surface area (Å²) in [5.41, 5.74) is 0.895. The second kappa shape index (κ2) is 6.11. The topological polar surface area (TPSA) is 66.5 Å². The van der Waals surface area contributed by atoms with Gasteiger partial charge in [0.15, 0.2) is 0 Å². The Morgan fingerprint density at radius 1 is 1.20 bits per heavy atom. The highest BCUT2D eigenvalue weighted by Crippen LogP contribution is 2.34. The van der Waals surface area contributed by atoms with Gasteiger partial charge in [0.1, 0.15) is 17.3 Å². The number of nitrogens with one attached hydrogen (secondary N) is 1. The zero-order valence-electron chi connectivity index (χ0n) is 13.6. The number of benzene rings is 2. The number of halogens is 2. The molecule has 1 N–H and O–H groups in total. The van der Waals surface area contributed by atoms with E-state index in [4.69, 9.17) is 0 Å². The lowest BCUT2D eigenvalue weighted by Gasteiger charge is -2.21. The number of amides is 1. The van der Waals surface area contributed by atoms with Crippen LogP contribution in [0.25, 0.3) is 0 Å². The van der Waals surface area contributed by atoms with Crippen molar-refractivity contribution in [1.82, 2.24) is 0 Å². The summed E-state index contributed by atoms with van der Waals surface area (Å²) in [7, 11) is -3.42. The minimum Gasteiger partial charge on any atom is -0.317 e. The molecule has 3 rings (SSSR count). The van der Waals surface area contributed by atoms with Gasteiger partial charge in [-0.05, 0) is 49.2 Å². The van der Waals surface area contributed by atoms with E-state index in [1.54, 1.807) is 13.0 Å². The molecule has 1 aliphatic rings. The lowest BCUT2D eigenvalue weighted by atomic mass is 10.1. The number of anilines is 2. The normalized spacial score (nSPS) is 16.6. The zero-order valence-corrected chi connectivity index (χ0v) is 14.4. The molecule has 0 unspecified atom stereocenters. The summed E-state index contributed by atoms with van der Waals surface area (Å²) in [6.45, 7) is 1.77. The van der Waals surface area contributed by atoms with E-state index in [1.807, 2.05) is 0 Å². The summed E-state index contributed by atoms with van der Waals surface area (Å²) in [6, 6.07) is 7.56. The zero-order chi connectivity index (χ0) is 18.4. The van der Waals surface area contributed by atoms with Crippen LogP contribution in [-0.4, -0.2) is 26.6 Å². The van der Waals surface area contributed by atoms with Gasteiger partial charge in [0, 0.05) is 11.6 Å². The van der Waals surface area contributed by atoms with E-state index in [9.17, 15) is 22.0 Å². The van der Waals surface area contributed by atoms with Gasteiger partial charge in [-0.15, -0.1) is 0 Å². The molecule has 0 aliphatic carbocycles. The summed E-state index contributed by atoms with van der Waals surface area (Å²) in [4.78, 5) is 12.3. The van der Waals surface area contributed by atoms with Gasteiger partial charge in [-0.1, -0.05) is 6.07 Å². The summed E-state index contributed by atoms with van der Waals surface area (Å²) < 4.78 is 52.4. The molecule has 5 nitrogen and oxygen atoms in total. The van der Waals surface area contributed by atoms with Gasteiger partial charge >= 0.3 is 0 Å². The smallest absolute Gasteiger partial charge is 0.255 e. The molecule has 0 radical (unpaired) electrons. The maximum Gasteiger partial charge on any atom is 0.255 e. The van der Waals surface area contributed by atoms with Crippen molar-refractivity contribution in [3.8, 4) is 0 Å². The monoisotopic (exact) mass is 366 g/mol. The molecule has 1 heterocycles. The second-order valence-electron chi connectivity index (χ2n) is 6.01. The number of sulfonamides is 1. The molecule has 25 heavy (non-hydrogen) atoms. The fourth-order valence-electron chi connectivity index (χ4n) is 3.05. The summed E-state index contributed by atoms with van der Waals surface area (Å²) >= 11 is 0. The van der Waals surface area contributed by atoms with Crippen LogP contribution in [-0.2, 0) is 16.4 Å². The minimum absolute atomic E-state index is 0.198. The van der Waals surface area contributed by atoms with Crippen LogP contribution >= 0.6 is 0 Å². The number of nitrogens with zero attached hydrogens (tertiary/aromatic N) is 1. The Labute approximate surface area is 144 Å². The Balaban J connectivity index is 1.91. The van der Waals surface area contributed by atoms with Crippen molar-refractivity contribution < 1.29 is 22.0 Å². The van der Waals surface area contributed by atoms with Crippen LogP contribution in [0.1, 0.15) is 22.8 Å². The molecule has 132 valence electrons. The molecule has 0 spiro atoms. The first-order valence-corrected chi connectivity index (χ1v) is 9.41. The fraction of sp³-hybridized carbons (Fsp3) is 0.235. The van der Waals surface area contributed by atoms with E-state index in [-0.39, 0.29) is 11.6 Å². The predicted octanol–water partition coefficient (Wildman–Crippen LogP) is 2.93. The van der Waals surface area contributed by atoms with E-state index in [2.05, 4.69) is 5.32 Å². The van der Waals surface area contributed by atoms with E-state index in [1.165, 1.54) is 22.5 Å². The second-order valence-corrected chi connectivity index (χ2v) is 7.87. The third-order valence-electron chi connectivity index (χ3n) is 4.05. The molecule has 0 saturated heterocycles. The highest BCUT2D eigenvalue weighted by molar-refractivity contribution is 7.92. The first-order chi connectivity index (χ1) is 11.7. The van der Waals surface area contributed by atoms with Crippen LogP contribution in [0.15, 0.2) is 36.4 Å². The third kappa shape index (κ3) is 3.21. The van der Waals surface area contributed by atoms with Crippen molar-refractivity contribution in [3.63, 3.8) is 0 Å². The molecule has 0 saturated carbocycles. The van der Waals surface area contributed by atoms with Gasteiger partial charge in [0.25, 0.3) is 5.91 Å². The van der Waals surface area contributed by atoms with Crippen LogP contribution in [0.3, 0.4) is 0 Å². The number of hydrogen-bond acceptors (Lipinski definition) is 3. The number of para-hydroxylation sites is 1. The average molecular weight is 366 g/mol. The molecule has 0 bridgehead atoms. The van der Waals surface area contributed by atoms with E-state index in [0.717, 1.165) is 18.4 Å². The molecule has 0 aromatic heterocycles. The van der Waals surface area contributed by atoms with Crippen molar-refractivity contribution in [2.24, 2.45) is 0 Å². The van der Waals surface area contributed by atoms with Crippen molar-refractivity contribution in [1.29, 1.82) is 0 Å². The largest absolute Gasteiger partial charge is 0.317 e. The van der Waals surface area contributed by atoms with Crippen molar-refractivity contribution in [3.05, 3.63) is 59.2 Å². The standard InChI is InChI=1S/C17H16F2N2O3S/c1-10-8-12-9-11(6-7-15(12)21(10)25(2,23)24)17(22)20-16-13(18)4-3-5-14(16)19/h3-7,9-10H,8H2,1-2H3,(H,20,22)/t10-/m1/s1. The Morgan fingerprint density at radius 2 is 1.84 bits per heavy atom. The number of carbonyl (C=O) groups excluding carboxylic acids is 1. The Kier molecular flexibility index (Phi) is 4.24. The molecular formula is C17H16F2N2O3S.